The van der Waals surface area contributed by atoms with E-state index in [1.807, 2.05) is 0 Å². The summed E-state index contributed by atoms with van der Waals surface area (Å²) in [7, 11) is 1.48. The highest BCUT2D eigenvalue weighted by Gasteiger charge is 2.25. The van der Waals surface area contributed by atoms with Crippen molar-refractivity contribution in [2.75, 3.05) is 13.7 Å². The van der Waals surface area contributed by atoms with Gasteiger partial charge in [-0.3, -0.25) is 9.59 Å². The van der Waals surface area contributed by atoms with E-state index in [-0.39, 0.29) is 24.9 Å². The molecule has 0 aliphatic rings. The van der Waals surface area contributed by atoms with Gasteiger partial charge in [0.1, 0.15) is 23.4 Å². The topological polar surface area (TPSA) is 58.6 Å². The van der Waals surface area contributed by atoms with Gasteiger partial charge in [-0.05, 0) is 48.9 Å². The Morgan fingerprint density at radius 2 is 1.58 bits per heavy atom. The first-order chi connectivity index (χ1) is 12.4. The molecule has 26 heavy (non-hydrogen) atoms. The number of likely N-dealkylation sites (N-methyl/N-ethyl adjacent to an activating group) is 1. The normalized spacial score (nSPS) is 11.5. The molecule has 1 atom stereocenters. The lowest BCUT2D eigenvalue weighted by atomic mass is 10.1. The predicted molar refractivity (Wildman–Crippen MR) is 92.4 cm³/mol. The maximum atomic E-state index is 13.1. The van der Waals surface area contributed by atoms with E-state index in [1.165, 1.54) is 48.3 Å². The SMILES string of the molecule is CNC(=O)[C@@H](C)N(Cc1ccc(F)cc1)C(=O)COc1ccc(F)cc1. The number of halogens is 2. The Hall–Kier alpha value is -2.96. The van der Waals surface area contributed by atoms with Crippen LogP contribution in [0, 0.1) is 11.6 Å². The van der Waals surface area contributed by atoms with Gasteiger partial charge in [-0.1, -0.05) is 12.1 Å². The van der Waals surface area contributed by atoms with Gasteiger partial charge in [0.15, 0.2) is 6.61 Å². The standard InChI is InChI=1S/C19H20F2N2O3/c1-13(19(25)22-2)23(11-14-3-5-15(20)6-4-14)18(24)12-26-17-9-7-16(21)8-10-17/h3-10,13H,11-12H2,1-2H3,(H,22,25)/t13-/m1/s1. The van der Waals surface area contributed by atoms with Crippen LogP contribution in [0.5, 0.6) is 5.75 Å². The first kappa shape index (κ1) is 19.4. The van der Waals surface area contributed by atoms with Gasteiger partial charge in [-0.25, -0.2) is 8.78 Å². The molecule has 0 spiro atoms. The first-order valence-electron chi connectivity index (χ1n) is 8.04. The molecule has 0 bridgehead atoms. The van der Waals surface area contributed by atoms with Gasteiger partial charge in [0, 0.05) is 13.6 Å². The molecular formula is C19H20F2N2O3. The van der Waals surface area contributed by atoms with Gasteiger partial charge in [0.25, 0.3) is 5.91 Å². The molecule has 138 valence electrons. The van der Waals surface area contributed by atoms with E-state index in [0.717, 1.165) is 0 Å². The number of nitrogens with zero attached hydrogens (tertiary/aromatic N) is 1. The quantitative estimate of drug-likeness (QED) is 0.823. The van der Waals surface area contributed by atoms with Crippen molar-refractivity contribution in [1.29, 1.82) is 0 Å². The van der Waals surface area contributed by atoms with Crippen LogP contribution in [0.3, 0.4) is 0 Å². The van der Waals surface area contributed by atoms with Crippen molar-refractivity contribution in [3.63, 3.8) is 0 Å². The third-order valence-electron chi connectivity index (χ3n) is 3.86. The van der Waals surface area contributed by atoms with E-state index >= 15 is 0 Å². The Balaban J connectivity index is 2.10. The molecule has 0 fully saturated rings. The molecule has 0 aromatic heterocycles. The maximum absolute atomic E-state index is 13.1. The lowest BCUT2D eigenvalue weighted by molar-refractivity contribution is -0.142. The molecule has 2 amide bonds. The van der Waals surface area contributed by atoms with E-state index in [2.05, 4.69) is 5.32 Å². The lowest BCUT2D eigenvalue weighted by Gasteiger charge is -2.28. The molecule has 0 saturated heterocycles. The number of carbonyl (C=O) groups excluding carboxylic acids is 2. The number of nitrogens with one attached hydrogen (secondary N) is 1. The number of ether oxygens (including phenoxy) is 1. The molecule has 0 radical (unpaired) electrons. The Bertz CT molecular complexity index is 748. The molecule has 0 saturated carbocycles. The summed E-state index contributed by atoms with van der Waals surface area (Å²) in [6.45, 7) is 1.41. The molecule has 0 aliphatic carbocycles. The maximum Gasteiger partial charge on any atom is 0.261 e. The molecule has 2 rings (SSSR count). The lowest BCUT2D eigenvalue weighted by Crippen LogP contribution is -2.48. The minimum absolute atomic E-state index is 0.125. The van der Waals surface area contributed by atoms with Crippen LogP contribution in [0.15, 0.2) is 48.5 Å². The number of hydrogen-bond acceptors (Lipinski definition) is 3. The minimum atomic E-state index is -0.741. The molecule has 2 aromatic rings. The van der Waals surface area contributed by atoms with Crippen LogP contribution in [-0.4, -0.2) is 36.4 Å². The molecular weight excluding hydrogens is 342 g/mol. The Kier molecular flexibility index (Phi) is 6.66. The monoisotopic (exact) mass is 362 g/mol. The average Bonchev–Trinajstić information content (AvgIpc) is 2.65. The van der Waals surface area contributed by atoms with E-state index < -0.39 is 17.8 Å². The van der Waals surface area contributed by atoms with Gasteiger partial charge in [-0.15, -0.1) is 0 Å². The summed E-state index contributed by atoms with van der Waals surface area (Å²) in [5.41, 5.74) is 0.678. The van der Waals surface area contributed by atoms with E-state index in [4.69, 9.17) is 4.74 Å². The summed E-state index contributed by atoms with van der Waals surface area (Å²) in [5, 5.41) is 2.50. The van der Waals surface area contributed by atoms with E-state index in [1.54, 1.807) is 19.1 Å². The summed E-state index contributed by atoms with van der Waals surface area (Å²) in [5.74, 6) is -1.20. The number of carbonyl (C=O) groups is 2. The molecule has 2 aromatic carbocycles. The number of amides is 2. The van der Waals surface area contributed by atoms with Crippen molar-refractivity contribution in [2.45, 2.75) is 19.5 Å². The predicted octanol–water partition coefficient (Wildman–Crippen LogP) is 2.51. The number of benzene rings is 2. The molecule has 0 unspecified atom stereocenters. The van der Waals surface area contributed by atoms with Crippen LogP contribution in [0.4, 0.5) is 8.78 Å². The second kappa shape index (κ2) is 8.94. The molecule has 0 heterocycles. The highest BCUT2D eigenvalue weighted by molar-refractivity contribution is 5.87. The summed E-state index contributed by atoms with van der Waals surface area (Å²) >= 11 is 0. The first-order valence-corrected chi connectivity index (χ1v) is 8.04. The minimum Gasteiger partial charge on any atom is -0.484 e. The molecule has 0 aliphatic heterocycles. The molecule has 7 heteroatoms. The Labute approximate surface area is 150 Å². The van der Waals surface area contributed by atoms with Gasteiger partial charge in [0.2, 0.25) is 5.91 Å². The van der Waals surface area contributed by atoms with E-state index in [9.17, 15) is 18.4 Å². The van der Waals surface area contributed by atoms with Crippen molar-refractivity contribution in [1.82, 2.24) is 10.2 Å². The summed E-state index contributed by atoms with van der Waals surface area (Å²) in [6.07, 6.45) is 0. The second-order valence-corrected chi connectivity index (χ2v) is 5.68. The molecule has 1 N–H and O–H groups in total. The fourth-order valence-electron chi connectivity index (χ4n) is 2.34. The van der Waals surface area contributed by atoms with Crippen LogP contribution >= 0.6 is 0 Å². The van der Waals surface area contributed by atoms with Crippen LogP contribution in [0.1, 0.15) is 12.5 Å². The van der Waals surface area contributed by atoms with Crippen LogP contribution in [0.25, 0.3) is 0 Å². The fourth-order valence-corrected chi connectivity index (χ4v) is 2.34. The average molecular weight is 362 g/mol. The Morgan fingerprint density at radius 3 is 2.12 bits per heavy atom. The zero-order chi connectivity index (χ0) is 19.1. The Morgan fingerprint density at radius 1 is 1.04 bits per heavy atom. The number of hydrogen-bond donors (Lipinski definition) is 1. The van der Waals surface area contributed by atoms with Crippen LogP contribution < -0.4 is 10.1 Å². The van der Waals surface area contributed by atoms with Crippen molar-refractivity contribution in [3.8, 4) is 5.75 Å². The van der Waals surface area contributed by atoms with Gasteiger partial charge in [0.05, 0.1) is 0 Å². The second-order valence-electron chi connectivity index (χ2n) is 5.68. The summed E-state index contributed by atoms with van der Waals surface area (Å²) < 4.78 is 31.4. The fraction of sp³-hybridized carbons (Fsp3) is 0.263. The summed E-state index contributed by atoms with van der Waals surface area (Å²) in [6, 6.07) is 10.2. The highest BCUT2D eigenvalue weighted by Crippen LogP contribution is 2.14. The van der Waals surface area contributed by atoms with Crippen LogP contribution in [-0.2, 0) is 16.1 Å². The summed E-state index contributed by atoms with van der Waals surface area (Å²) in [4.78, 5) is 25.9. The van der Waals surface area contributed by atoms with Gasteiger partial charge < -0.3 is 15.0 Å². The number of rotatable bonds is 7. The third-order valence-corrected chi connectivity index (χ3v) is 3.86. The van der Waals surface area contributed by atoms with E-state index in [0.29, 0.717) is 11.3 Å². The van der Waals surface area contributed by atoms with Crippen molar-refractivity contribution in [2.24, 2.45) is 0 Å². The zero-order valence-electron chi connectivity index (χ0n) is 14.5. The smallest absolute Gasteiger partial charge is 0.261 e. The zero-order valence-corrected chi connectivity index (χ0v) is 14.5. The molecule has 5 nitrogen and oxygen atoms in total. The van der Waals surface area contributed by atoms with Crippen molar-refractivity contribution in [3.05, 3.63) is 65.7 Å². The van der Waals surface area contributed by atoms with Crippen LogP contribution in [0.2, 0.25) is 0 Å². The van der Waals surface area contributed by atoms with Crippen molar-refractivity contribution < 1.29 is 23.1 Å². The highest BCUT2D eigenvalue weighted by atomic mass is 19.1. The largest absolute Gasteiger partial charge is 0.484 e. The third kappa shape index (κ3) is 5.27. The van der Waals surface area contributed by atoms with Gasteiger partial charge >= 0.3 is 0 Å². The van der Waals surface area contributed by atoms with Crippen molar-refractivity contribution >= 4 is 11.8 Å². The van der Waals surface area contributed by atoms with Gasteiger partial charge in [-0.2, -0.15) is 0 Å².